The predicted molar refractivity (Wildman–Crippen MR) is 51.7 cm³/mol. The van der Waals surface area contributed by atoms with Crippen molar-refractivity contribution in [3.8, 4) is 0 Å². The molecule has 7 heteroatoms. The van der Waals surface area contributed by atoms with Crippen molar-refractivity contribution in [3.05, 3.63) is 27.9 Å². The quantitative estimate of drug-likeness (QED) is 0.590. The highest BCUT2D eigenvalue weighted by molar-refractivity contribution is 5.84. The average Bonchev–Trinajstić information content (AvgIpc) is 2.20. The van der Waals surface area contributed by atoms with Crippen molar-refractivity contribution in [2.24, 2.45) is 0 Å². The standard InChI is InChI=1S/C8H9N3O4/c1-5-3-6(11(13)14)4-9-7(5)10-8(12)15-2/h3-4H,1-2H3,(H,9,10,12). The van der Waals surface area contributed by atoms with E-state index in [1.807, 2.05) is 0 Å². The zero-order chi connectivity index (χ0) is 11.4. The lowest BCUT2D eigenvalue weighted by atomic mass is 10.2. The van der Waals surface area contributed by atoms with E-state index in [9.17, 15) is 14.9 Å². The number of carbonyl (C=O) groups excluding carboxylic acids is 1. The summed E-state index contributed by atoms with van der Waals surface area (Å²) in [5, 5.41) is 12.7. The third kappa shape index (κ3) is 2.63. The number of nitrogens with zero attached hydrogens (tertiary/aromatic N) is 2. The number of nitrogens with one attached hydrogen (secondary N) is 1. The maximum Gasteiger partial charge on any atom is 0.412 e. The number of amides is 1. The molecular formula is C8H9N3O4. The van der Waals surface area contributed by atoms with E-state index >= 15 is 0 Å². The Kier molecular flexibility index (Phi) is 3.17. The van der Waals surface area contributed by atoms with E-state index in [0.29, 0.717) is 5.56 Å². The predicted octanol–water partition coefficient (Wildman–Crippen LogP) is 1.48. The average molecular weight is 211 g/mol. The van der Waals surface area contributed by atoms with E-state index in [4.69, 9.17) is 0 Å². The van der Waals surface area contributed by atoms with E-state index < -0.39 is 11.0 Å². The minimum atomic E-state index is -0.667. The number of aromatic nitrogens is 1. The summed E-state index contributed by atoms with van der Waals surface area (Å²) >= 11 is 0. The Morgan fingerprint density at radius 2 is 2.33 bits per heavy atom. The molecule has 0 fully saturated rings. The van der Waals surface area contributed by atoms with Crippen LogP contribution in [-0.2, 0) is 4.74 Å². The third-order valence-corrected chi connectivity index (χ3v) is 1.68. The highest BCUT2D eigenvalue weighted by Crippen LogP contribution is 2.17. The van der Waals surface area contributed by atoms with Gasteiger partial charge in [0, 0.05) is 6.07 Å². The highest BCUT2D eigenvalue weighted by atomic mass is 16.6. The molecule has 1 aromatic heterocycles. The second kappa shape index (κ2) is 4.36. The Labute approximate surface area is 85.2 Å². The molecule has 0 aromatic carbocycles. The van der Waals surface area contributed by atoms with Crippen LogP contribution in [0.25, 0.3) is 0 Å². The highest BCUT2D eigenvalue weighted by Gasteiger charge is 2.11. The summed E-state index contributed by atoms with van der Waals surface area (Å²) in [7, 11) is 1.22. The maximum absolute atomic E-state index is 10.8. The first-order chi connectivity index (χ1) is 7.04. The second-order valence-electron chi connectivity index (χ2n) is 2.73. The second-order valence-corrected chi connectivity index (χ2v) is 2.73. The van der Waals surface area contributed by atoms with Crippen molar-refractivity contribution in [3.63, 3.8) is 0 Å². The molecule has 1 aromatic rings. The molecule has 0 saturated heterocycles. The van der Waals surface area contributed by atoms with Gasteiger partial charge in [0.25, 0.3) is 5.69 Å². The molecule has 1 heterocycles. The van der Waals surface area contributed by atoms with Crippen molar-refractivity contribution in [2.45, 2.75) is 6.92 Å². The number of carbonyl (C=O) groups is 1. The monoisotopic (exact) mass is 211 g/mol. The molecule has 0 bridgehead atoms. The number of nitro groups is 1. The number of methoxy groups -OCH3 is 1. The summed E-state index contributed by atoms with van der Waals surface area (Å²) < 4.78 is 4.36. The van der Waals surface area contributed by atoms with Gasteiger partial charge in [-0.1, -0.05) is 0 Å². The molecule has 0 aliphatic carbocycles. The number of rotatable bonds is 2. The van der Waals surface area contributed by atoms with Crippen LogP contribution in [0.5, 0.6) is 0 Å². The van der Waals surface area contributed by atoms with Gasteiger partial charge in [0.1, 0.15) is 12.0 Å². The summed E-state index contributed by atoms with van der Waals surface area (Å²) in [5.74, 6) is 0.243. The lowest BCUT2D eigenvalue weighted by Gasteiger charge is -2.04. The molecule has 0 aliphatic rings. The molecule has 80 valence electrons. The van der Waals surface area contributed by atoms with Crippen LogP contribution in [0.15, 0.2) is 12.3 Å². The Morgan fingerprint density at radius 1 is 1.67 bits per heavy atom. The molecule has 7 nitrogen and oxygen atoms in total. The molecule has 15 heavy (non-hydrogen) atoms. The summed E-state index contributed by atoms with van der Waals surface area (Å²) in [6.45, 7) is 1.60. The fourth-order valence-electron chi connectivity index (χ4n) is 0.938. The fraction of sp³-hybridized carbons (Fsp3) is 0.250. The summed E-state index contributed by atoms with van der Waals surface area (Å²) in [6.07, 6.45) is 0.401. The van der Waals surface area contributed by atoms with Gasteiger partial charge in [0.2, 0.25) is 0 Å². The number of hydrogen-bond donors (Lipinski definition) is 1. The number of pyridine rings is 1. The zero-order valence-corrected chi connectivity index (χ0v) is 8.18. The molecule has 0 unspecified atom stereocenters. The molecule has 0 radical (unpaired) electrons. The number of aryl methyl sites for hydroxylation is 1. The van der Waals surface area contributed by atoms with Crippen molar-refractivity contribution >= 4 is 17.6 Å². The van der Waals surface area contributed by atoms with Crippen molar-refractivity contribution < 1.29 is 14.5 Å². The molecule has 1 amide bonds. The molecule has 1 rings (SSSR count). The fourth-order valence-corrected chi connectivity index (χ4v) is 0.938. The summed E-state index contributed by atoms with van der Waals surface area (Å²) in [6, 6.07) is 1.32. The molecule has 0 saturated carbocycles. The largest absolute Gasteiger partial charge is 0.453 e. The van der Waals surface area contributed by atoms with Gasteiger partial charge in [-0.05, 0) is 12.5 Å². The first-order valence-corrected chi connectivity index (χ1v) is 4.00. The smallest absolute Gasteiger partial charge is 0.412 e. The SMILES string of the molecule is COC(=O)Nc1ncc([N+](=O)[O-])cc1C. The van der Waals surface area contributed by atoms with Gasteiger partial charge in [0.05, 0.1) is 12.0 Å². The molecule has 0 atom stereocenters. The summed E-state index contributed by atoms with van der Waals surface area (Å²) in [4.78, 5) is 24.4. The van der Waals surface area contributed by atoms with Gasteiger partial charge in [-0.25, -0.2) is 9.78 Å². The van der Waals surface area contributed by atoms with Crippen LogP contribution in [0.1, 0.15) is 5.56 Å². The molecule has 0 spiro atoms. The van der Waals surface area contributed by atoms with Gasteiger partial charge >= 0.3 is 6.09 Å². The Morgan fingerprint density at radius 3 is 2.80 bits per heavy atom. The van der Waals surface area contributed by atoms with Gasteiger partial charge in [-0.15, -0.1) is 0 Å². The van der Waals surface area contributed by atoms with E-state index in [1.165, 1.54) is 13.2 Å². The van der Waals surface area contributed by atoms with E-state index in [0.717, 1.165) is 6.20 Å². The van der Waals surface area contributed by atoms with Crippen LogP contribution < -0.4 is 5.32 Å². The van der Waals surface area contributed by atoms with Crippen molar-refractivity contribution in [2.75, 3.05) is 12.4 Å². The Bertz CT molecular complexity index is 405. The molecule has 1 N–H and O–H groups in total. The van der Waals surface area contributed by atoms with Crippen LogP contribution in [0, 0.1) is 17.0 Å². The third-order valence-electron chi connectivity index (χ3n) is 1.68. The Hall–Kier alpha value is -2.18. The lowest BCUT2D eigenvalue weighted by Crippen LogP contribution is -2.13. The lowest BCUT2D eigenvalue weighted by molar-refractivity contribution is -0.385. The topological polar surface area (TPSA) is 94.4 Å². The van der Waals surface area contributed by atoms with Gasteiger partial charge in [0.15, 0.2) is 0 Å². The van der Waals surface area contributed by atoms with Crippen molar-refractivity contribution in [1.29, 1.82) is 0 Å². The van der Waals surface area contributed by atoms with Crippen LogP contribution >= 0.6 is 0 Å². The van der Waals surface area contributed by atoms with E-state index in [1.54, 1.807) is 6.92 Å². The maximum atomic E-state index is 10.8. The first-order valence-electron chi connectivity index (χ1n) is 4.00. The van der Waals surface area contributed by atoms with Crippen LogP contribution in [0.4, 0.5) is 16.3 Å². The van der Waals surface area contributed by atoms with E-state index in [-0.39, 0.29) is 11.5 Å². The van der Waals surface area contributed by atoms with Crippen molar-refractivity contribution in [1.82, 2.24) is 4.98 Å². The minimum Gasteiger partial charge on any atom is -0.453 e. The minimum absolute atomic E-state index is 0.122. The Balaban J connectivity index is 2.93. The number of ether oxygens (including phenoxy) is 1. The number of anilines is 1. The van der Waals surface area contributed by atoms with E-state index in [2.05, 4.69) is 15.0 Å². The number of hydrogen-bond acceptors (Lipinski definition) is 5. The first kappa shape index (κ1) is 10.9. The summed E-state index contributed by atoms with van der Waals surface area (Å²) in [5.41, 5.74) is 0.373. The zero-order valence-electron chi connectivity index (χ0n) is 8.18. The van der Waals surface area contributed by atoms with Crippen LogP contribution in [0.3, 0.4) is 0 Å². The molecular weight excluding hydrogens is 202 g/mol. The van der Waals surface area contributed by atoms with Gasteiger partial charge in [-0.3, -0.25) is 15.4 Å². The van der Waals surface area contributed by atoms with Crippen LogP contribution in [-0.4, -0.2) is 23.1 Å². The molecule has 0 aliphatic heterocycles. The van der Waals surface area contributed by atoms with Gasteiger partial charge < -0.3 is 4.74 Å². The normalized spacial score (nSPS) is 9.47. The van der Waals surface area contributed by atoms with Gasteiger partial charge in [-0.2, -0.15) is 0 Å². The van der Waals surface area contributed by atoms with Crippen LogP contribution in [0.2, 0.25) is 0 Å².